The minimum atomic E-state index is -0.621. The van der Waals surface area contributed by atoms with Crippen molar-refractivity contribution in [2.24, 2.45) is 5.92 Å². The molecule has 10 heteroatoms. The molecule has 4 rings (SSSR count). The Hall–Kier alpha value is -3.92. The second-order valence-electron chi connectivity index (χ2n) is 7.50. The van der Waals surface area contributed by atoms with E-state index in [4.69, 9.17) is 9.47 Å². The molecule has 3 aromatic rings. The Bertz CT molecular complexity index is 1200. The third kappa shape index (κ3) is 5.18. The second-order valence-corrected chi connectivity index (χ2v) is 8.50. The van der Waals surface area contributed by atoms with Gasteiger partial charge in [-0.25, -0.2) is 9.78 Å². The molecule has 2 heterocycles. The van der Waals surface area contributed by atoms with Crippen molar-refractivity contribution in [2.45, 2.75) is 13.3 Å². The van der Waals surface area contributed by atoms with E-state index < -0.39 is 12.0 Å². The smallest absolute Gasteiger partial charge is 0.413 e. The van der Waals surface area contributed by atoms with Crippen molar-refractivity contribution in [1.29, 1.82) is 0 Å². The number of ether oxygens (including phenoxy) is 2. The lowest BCUT2D eigenvalue weighted by molar-refractivity contribution is -0.122. The maximum absolute atomic E-state index is 13.1. The first-order valence-corrected chi connectivity index (χ1v) is 11.6. The van der Waals surface area contributed by atoms with E-state index in [1.165, 1.54) is 0 Å². The number of nitrogens with zero attached hydrogens (tertiary/aromatic N) is 2. The van der Waals surface area contributed by atoms with Crippen LogP contribution in [0.4, 0.5) is 20.6 Å². The number of benzene rings is 2. The molecule has 0 spiro atoms. The standard InChI is InChI=1S/C24H24N4O5S/c1-3-33-24(31)27-23-25-20(15-8-5-4-6-9-15)22(34-23)26-21(30)16-12-19(29)28(14-16)17-10-7-11-18(13-17)32-2/h4-11,13,16H,3,12,14H2,1-2H3,(H,26,30)(H,25,27,31). The molecule has 1 aromatic heterocycles. The molecule has 1 aliphatic heterocycles. The number of anilines is 3. The highest BCUT2D eigenvalue weighted by Gasteiger charge is 2.36. The van der Waals surface area contributed by atoms with Crippen LogP contribution >= 0.6 is 11.3 Å². The van der Waals surface area contributed by atoms with Crippen LogP contribution in [-0.2, 0) is 14.3 Å². The van der Waals surface area contributed by atoms with Crippen molar-refractivity contribution in [3.63, 3.8) is 0 Å². The zero-order chi connectivity index (χ0) is 24.1. The fourth-order valence-corrected chi connectivity index (χ4v) is 4.51. The van der Waals surface area contributed by atoms with Gasteiger partial charge in [-0.1, -0.05) is 47.7 Å². The van der Waals surface area contributed by atoms with Gasteiger partial charge in [0.15, 0.2) is 5.13 Å². The van der Waals surface area contributed by atoms with Crippen LogP contribution < -0.4 is 20.3 Å². The zero-order valence-electron chi connectivity index (χ0n) is 18.7. The normalized spacial score (nSPS) is 15.2. The van der Waals surface area contributed by atoms with Crippen LogP contribution in [0.25, 0.3) is 11.3 Å². The van der Waals surface area contributed by atoms with Crippen molar-refractivity contribution in [1.82, 2.24) is 4.98 Å². The SMILES string of the molecule is CCOC(=O)Nc1nc(-c2ccccc2)c(NC(=O)C2CC(=O)N(c3cccc(OC)c3)C2)s1. The first-order chi connectivity index (χ1) is 16.5. The summed E-state index contributed by atoms with van der Waals surface area (Å²) in [6.45, 7) is 2.19. The Morgan fingerprint density at radius 3 is 2.68 bits per heavy atom. The summed E-state index contributed by atoms with van der Waals surface area (Å²) in [5, 5.41) is 6.28. The number of hydrogen-bond acceptors (Lipinski definition) is 7. The predicted molar refractivity (Wildman–Crippen MR) is 130 cm³/mol. The van der Waals surface area contributed by atoms with Crippen molar-refractivity contribution >= 4 is 45.1 Å². The molecule has 1 atom stereocenters. The van der Waals surface area contributed by atoms with Crippen LogP contribution in [0, 0.1) is 5.92 Å². The molecule has 1 saturated heterocycles. The monoisotopic (exact) mass is 480 g/mol. The molecule has 0 bridgehead atoms. The van der Waals surface area contributed by atoms with Gasteiger partial charge < -0.3 is 19.7 Å². The molecule has 176 valence electrons. The number of methoxy groups -OCH3 is 1. The summed E-state index contributed by atoms with van der Waals surface area (Å²) in [6, 6.07) is 16.5. The Morgan fingerprint density at radius 1 is 1.15 bits per heavy atom. The summed E-state index contributed by atoms with van der Waals surface area (Å²) in [7, 11) is 1.56. The van der Waals surface area contributed by atoms with Crippen molar-refractivity contribution < 1.29 is 23.9 Å². The van der Waals surface area contributed by atoms with Crippen LogP contribution in [0.5, 0.6) is 5.75 Å². The molecule has 34 heavy (non-hydrogen) atoms. The molecule has 0 saturated carbocycles. The number of amides is 3. The number of rotatable bonds is 7. The zero-order valence-corrected chi connectivity index (χ0v) is 19.6. The van der Waals surface area contributed by atoms with E-state index in [0.29, 0.717) is 27.3 Å². The van der Waals surface area contributed by atoms with E-state index in [1.54, 1.807) is 37.1 Å². The molecule has 0 radical (unpaired) electrons. The third-order valence-electron chi connectivity index (χ3n) is 5.26. The maximum atomic E-state index is 13.1. The number of aromatic nitrogens is 1. The average molecular weight is 481 g/mol. The molecule has 9 nitrogen and oxygen atoms in total. The first kappa shape index (κ1) is 23.2. The van der Waals surface area contributed by atoms with E-state index >= 15 is 0 Å². The van der Waals surface area contributed by atoms with Gasteiger partial charge in [-0.2, -0.15) is 0 Å². The van der Waals surface area contributed by atoms with Gasteiger partial charge in [0.2, 0.25) is 11.8 Å². The minimum Gasteiger partial charge on any atom is -0.497 e. The predicted octanol–water partition coefficient (Wildman–Crippen LogP) is 4.38. The van der Waals surface area contributed by atoms with Crippen molar-refractivity contribution in [3.05, 3.63) is 54.6 Å². The van der Waals surface area contributed by atoms with Crippen molar-refractivity contribution in [2.75, 3.05) is 35.8 Å². The van der Waals surface area contributed by atoms with Crippen LogP contribution in [0.2, 0.25) is 0 Å². The molecule has 1 aliphatic rings. The minimum absolute atomic E-state index is 0.0937. The topological polar surface area (TPSA) is 110 Å². The molecule has 0 aliphatic carbocycles. The largest absolute Gasteiger partial charge is 0.497 e. The molecule has 1 fully saturated rings. The van der Waals surface area contributed by atoms with Crippen LogP contribution in [-0.4, -0.2) is 43.2 Å². The van der Waals surface area contributed by atoms with Gasteiger partial charge in [-0.15, -0.1) is 0 Å². The molecule has 1 unspecified atom stereocenters. The summed E-state index contributed by atoms with van der Waals surface area (Å²) in [4.78, 5) is 43.7. The number of carbonyl (C=O) groups excluding carboxylic acids is 3. The summed E-state index contributed by atoms with van der Waals surface area (Å²) < 4.78 is 10.2. The summed E-state index contributed by atoms with van der Waals surface area (Å²) in [6.07, 6.45) is -0.528. The lowest BCUT2D eigenvalue weighted by Gasteiger charge is -2.17. The van der Waals surface area contributed by atoms with Gasteiger partial charge in [0.1, 0.15) is 16.4 Å². The van der Waals surface area contributed by atoms with E-state index in [1.807, 2.05) is 36.4 Å². The highest BCUT2D eigenvalue weighted by Crippen LogP contribution is 2.37. The van der Waals surface area contributed by atoms with Crippen molar-refractivity contribution in [3.8, 4) is 17.0 Å². The number of hydrogen-bond donors (Lipinski definition) is 2. The summed E-state index contributed by atoms with van der Waals surface area (Å²) >= 11 is 1.13. The van der Waals surface area contributed by atoms with E-state index in [-0.39, 0.29) is 31.4 Å². The highest BCUT2D eigenvalue weighted by atomic mass is 32.1. The average Bonchev–Trinajstić information content (AvgIpc) is 3.43. The summed E-state index contributed by atoms with van der Waals surface area (Å²) in [5.41, 5.74) is 1.99. The quantitative estimate of drug-likeness (QED) is 0.519. The molecule has 2 aromatic carbocycles. The van der Waals surface area contributed by atoms with Gasteiger partial charge >= 0.3 is 6.09 Å². The number of thiazole rings is 1. The van der Waals surface area contributed by atoms with Crippen LogP contribution in [0.3, 0.4) is 0 Å². The fourth-order valence-electron chi connectivity index (χ4n) is 3.63. The molecular formula is C24H24N4O5S. The van der Waals surface area contributed by atoms with E-state index in [9.17, 15) is 14.4 Å². The first-order valence-electron chi connectivity index (χ1n) is 10.7. The lowest BCUT2D eigenvalue weighted by atomic mass is 10.1. The Kier molecular flexibility index (Phi) is 7.07. The highest BCUT2D eigenvalue weighted by molar-refractivity contribution is 7.20. The fraction of sp³-hybridized carbons (Fsp3) is 0.250. The number of nitrogens with one attached hydrogen (secondary N) is 2. The van der Waals surface area contributed by atoms with Crippen LogP contribution in [0.1, 0.15) is 13.3 Å². The molecule has 2 N–H and O–H groups in total. The third-order valence-corrected chi connectivity index (χ3v) is 6.14. The van der Waals surface area contributed by atoms with Gasteiger partial charge in [-0.05, 0) is 19.1 Å². The lowest BCUT2D eigenvalue weighted by Crippen LogP contribution is -2.28. The summed E-state index contributed by atoms with van der Waals surface area (Å²) in [5.74, 6) is -0.323. The van der Waals surface area contributed by atoms with E-state index in [0.717, 1.165) is 16.9 Å². The Morgan fingerprint density at radius 2 is 1.94 bits per heavy atom. The molecular weight excluding hydrogens is 456 g/mol. The Balaban J connectivity index is 1.53. The maximum Gasteiger partial charge on any atom is 0.413 e. The van der Waals surface area contributed by atoms with Gasteiger partial charge in [0, 0.05) is 30.3 Å². The molecule has 3 amide bonds. The van der Waals surface area contributed by atoms with E-state index in [2.05, 4.69) is 15.6 Å². The van der Waals surface area contributed by atoms with Gasteiger partial charge in [-0.3, -0.25) is 14.9 Å². The van der Waals surface area contributed by atoms with Gasteiger partial charge in [0.25, 0.3) is 0 Å². The number of carbonyl (C=O) groups is 3. The van der Waals surface area contributed by atoms with Crippen LogP contribution in [0.15, 0.2) is 54.6 Å². The van der Waals surface area contributed by atoms with Gasteiger partial charge in [0.05, 0.1) is 19.6 Å². The second kappa shape index (κ2) is 10.3. The Labute approximate surface area is 200 Å².